The van der Waals surface area contributed by atoms with Gasteiger partial charge >= 0.3 is 36.9 Å². The topological polar surface area (TPSA) is 267 Å². The van der Waals surface area contributed by atoms with Gasteiger partial charge in [-0.2, -0.15) is 65.9 Å². The van der Waals surface area contributed by atoms with Gasteiger partial charge in [0.1, 0.15) is 60.2 Å². The van der Waals surface area contributed by atoms with Crippen LogP contribution in [0.3, 0.4) is 0 Å². The van der Waals surface area contributed by atoms with Gasteiger partial charge in [-0.3, -0.25) is 48.5 Å². The molecule has 4 N–H and O–H groups in total. The normalized spacial score (nSPS) is 13.3. The second-order valence-electron chi connectivity index (χ2n) is 21.9. The van der Waals surface area contributed by atoms with Gasteiger partial charge in [-0.15, -0.1) is 0 Å². The molecule has 604 valence electrons. The molecule has 0 aromatic heterocycles. The molecule has 0 bridgehead atoms. The molecule has 3 heterocycles. The van der Waals surface area contributed by atoms with E-state index in [0.29, 0.717) is 30.3 Å². The molecular weight excluding hydrogens is 1710 g/mol. The number of nitrogens with one attached hydrogen (secondary N) is 3. The quantitative estimate of drug-likeness (QED) is 0.0583. The second kappa shape index (κ2) is 38.1. The van der Waals surface area contributed by atoms with Crippen LogP contribution in [0.2, 0.25) is 25.1 Å². The molecule has 7 aromatic carbocycles. The Labute approximate surface area is 654 Å². The molecular formula is C69H38Cl6F20N6O13. The number of ketones is 3. The number of aliphatic imine (C=N–C) groups is 3. The van der Waals surface area contributed by atoms with E-state index in [-0.39, 0.29) is 106 Å². The monoisotopic (exact) mass is 1750 g/mol. The molecule has 0 saturated carbocycles. The number of carboxylic acid groups (broad SMARTS) is 1. The van der Waals surface area contributed by atoms with Crippen molar-refractivity contribution in [3.05, 3.63) is 242 Å². The van der Waals surface area contributed by atoms with Gasteiger partial charge in [0.15, 0.2) is 40.3 Å². The number of allylic oxidation sites excluding steroid dienone is 3. The van der Waals surface area contributed by atoms with Crippen molar-refractivity contribution in [2.24, 2.45) is 15.0 Å². The van der Waals surface area contributed by atoms with E-state index >= 15 is 0 Å². The van der Waals surface area contributed by atoms with Crippen LogP contribution >= 0.6 is 69.6 Å². The highest BCUT2D eigenvalue weighted by Crippen LogP contribution is 2.45. The fourth-order valence-corrected chi connectivity index (χ4v) is 10.3. The highest BCUT2D eigenvalue weighted by atomic mass is 35.5. The summed E-state index contributed by atoms with van der Waals surface area (Å²) in [5.41, 5.74) is -9.49. The SMILES string of the molecule is COc1cc(F)ccc1Oc1cc(C(F)(F)F)c(Cl)cc1C(=O)NC1=CC(=O)CN=C1.COc1cc(F)ccc1Oc1cc(C(F)(F)F)c(Cl)cc1C(=O)NC1=CC(=O)CN=C1.O=C(Cl)c1cc(Cl)c(C(F)(F)F)cc1F.O=C(O)c1cc(Cl)c(C(F)(F)F)cc1F.O=C1C=C(NC(=O)c2cc(Cl)c(C(F)(F)F)cc2F)C=NC1. The maximum Gasteiger partial charge on any atom is 0.417 e. The molecule has 114 heavy (non-hydrogen) atoms. The molecule has 3 aliphatic heterocycles. The van der Waals surface area contributed by atoms with E-state index in [2.05, 4.69) is 30.9 Å². The van der Waals surface area contributed by atoms with Crippen LogP contribution in [0, 0.1) is 29.1 Å². The number of alkyl halides is 15. The zero-order chi connectivity index (χ0) is 85.6. The highest BCUT2D eigenvalue weighted by molar-refractivity contribution is 6.67. The lowest BCUT2D eigenvalue weighted by Crippen LogP contribution is -2.27. The van der Waals surface area contributed by atoms with Crippen LogP contribution in [0.4, 0.5) is 87.8 Å². The lowest BCUT2D eigenvalue weighted by molar-refractivity contribution is -0.138. The van der Waals surface area contributed by atoms with Crippen molar-refractivity contribution in [3.8, 4) is 34.5 Å². The first-order valence-corrected chi connectivity index (χ1v) is 32.2. The van der Waals surface area contributed by atoms with E-state index in [1.54, 1.807) is 0 Å². The van der Waals surface area contributed by atoms with Crippen molar-refractivity contribution >= 4 is 135 Å². The smallest absolute Gasteiger partial charge is 0.417 e. The molecule has 0 radical (unpaired) electrons. The van der Waals surface area contributed by atoms with E-state index < -0.39 is 170 Å². The Balaban J connectivity index is 0.000000229. The van der Waals surface area contributed by atoms with Crippen molar-refractivity contribution in [1.29, 1.82) is 0 Å². The first-order chi connectivity index (χ1) is 52.8. The van der Waals surface area contributed by atoms with Crippen LogP contribution in [0.1, 0.15) is 79.6 Å². The lowest BCUT2D eigenvalue weighted by atomic mass is 10.1. The number of hydrogen-bond acceptors (Lipinski definition) is 15. The molecule has 10 rings (SSSR count). The number of nitrogens with zero attached hydrogens (tertiary/aromatic N) is 3. The van der Waals surface area contributed by atoms with Gasteiger partial charge in [0.2, 0.25) is 0 Å². The van der Waals surface area contributed by atoms with E-state index in [0.717, 1.165) is 66.8 Å². The first kappa shape index (κ1) is 91.7. The largest absolute Gasteiger partial charge is 0.493 e. The van der Waals surface area contributed by atoms with Crippen LogP contribution in [0.25, 0.3) is 0 Å². The zero-order valence-corrected chi connectivity index (χ0v) is 60.4. The van der Waals surface area contributed by atoms with Gasteiger partial charge in [0, 0.05) is 49.0 Å². The first-order valence-electron chi connectivity index (χ1n) is 29.9. The minimum Gasteiger partial charge on any atom is -0.493 e. The summed E-state index contributed by atoms with van der Waals surface area (Å²) in [6.45, 7) is -0.228. The molecule has 7 aromatic rings. The van der Waals surface area contributed by atoms with Gasteiger partial charge in [0.05, 0.1) is 112 Å². The molecule has 19 nitrogen and oxygen atoms in total. The number of methoxy groups -OCH3 is 2. The van der Waals surface area contributed by atoms with Gasteiger partial charge in [-0.25, -0.2) is 26.7 Å². The molecule has 0 spiro atoms. The van der Waals surface area contributed by atoms with Crippen molar-refractivity contribution in [2.75, 3.05) is 33.9 Å². The fourth-order valence-electron chi connectivity index (χ4n) is 8.81. The van der Waals surface area contributed by atoms with Crippen LogP contribution in [0.5, 0.6) is 34.5 Å². The van der Waals surface area contributed by atoms with Crippen molar-refractivity contribution in [3.63, 3.8) is 0 Å². The standard InChI is InChI=1S/2C20H13ClF4N2O4.C13H7ClF4N2O2.C8H2Cl2F4O.C8H3ClF4O2/c2*1-30-18-4-10(22)2-3-16(18)31-17-7-14(20(23,24)25)15(21)6-13(17)19(29)27-11-5-12(28)9-26-8-11;14-10-2-8(11(15)3-9(10)13(16,17)18)12(22)20-6-1-7(21)5-19-4-6;9-5-1-3(7(10)15)6(11)2-4(5)8(12,13)14;9-5-1-3(7(14)15)6(10)2-4(5)8(11,12)13/h2*2-8H,9H2,1H3,(H,27,29);1-4H,5H2,(H,20,22);1-2H;1-2H,(H,14,15). The third-order valence-corrected chi connectivity index (χ3v) is 15.6. The summed E-state index contributed by atoms with van der Waals surface area (Å²) < 4.78 is 278. The summed E-state index contributed by atoms with van der Waals surface area (Å²) in [4.78, 5) is 103. The fraction of sp³-hybridized carbons (Fsp3) is 0.145. The number of benzene rings is 7. The van der Waals surface area contributed by atoms with Crippen LogP contribution in [0.15, 0.2) is 147 Å². The Kier molecular flexibility index (Phi) is 30.7. The summed E-state index contributed by atoms with van der Waals surface area (Å²) >= 11 is 32.3. The van der Waals surface area contributed by atoms with E-state index in [9.17, 15) is 126 Å². The molecule has 45 heteroatoms. The minimum absolute atomic E-state index is 0.0108. The summed E-state index contributed by atoms with van der Waals surface area (Å²) in [5.74, 6) is -12.7. The van der Waals surface area contributed by atoms with Gasteiger partial charge in [-0.05, 0) is 96.5 Å². The summed E-state index contributed by atoms with van der Waals surface area (Å²) in [5, 5.41) is 10.2. The van der Waals surface area contributed by atoms with E-state index in [1.165, 1.54) is 32.9 Å². The van der Waals surface area contributed by atoms with Crippen LogP contribution in [-0.2, 0) is 45.3 Å². The van der Waals surface area contributed by atoms with Crippen LogP contribution in [-0.4, -0.2) is 104 Å². The Morgan fingerprint density at radius 2 is 0.632 bits per heavy atom. The third kappa shape index (κ3) is 25.4. The summed E-state index contributed by atoms with van der Waals surface area (Å²) in [6, 6.07) is 10.8. The predicted octanol–water partition coefficient (Wildman–Crippen LogP) is 19.0. The van der Waals surface area contributed by atoms with Gasteiger partial charge < -0.3 is 40.0 Å². The van der Waals surface area contributed by atoms with Crippen molar-refractivity contribution in [1.82, 2.24) is 16.0 Å². The number of hydrogen-bond donors (Lipinski definition) is 4. The number of halogens is 26. The minimum atomic E-state index is -4.84. The molecule has 0 fully saturated rings. The molecule has 0 unspecified atom stereocenters. The number of amides is 3. The Morgan fingerprint density at radius 3 is 0.912 bits per heavy atom. The van der Waals surface area contributed by atoms with Gasteiger partial charge in [-0.1, -0.05) is 58.0 Å². The number of rotatable bonds is 14. The number of aromatic carboxylic acids is 1. The average Bonchev–Trinajstić information content (AvgIpc) is 0.793. The predicted molar refractivity (Wildman–Crippen MR) is 367 cm³/mol. The number of dihydropyridines is 3. The average molecular weight is 1750 g/mol. The molecule has 3 aliphatic rings. The van der Waals surface area contributed by atoms with E-state index in [1.807, 2.05) is 0 Å². The molecule has 0 aliphatic carbocycles. The maximum atomic E-state index is 13.7. The molecule has 0 atom stereocenters. The number of carboxylic acids is 1. The number of carbonyl (C=O) groups is 8. The van der Waals surface area contributed by atoms with Crippen molar-refractivity contribution in [2.45, 2.75) is 30.9 Å². The lowest BCUT2D eigenvalue weighted by Gasteiger charge is -2.17. The highest BCUT2D eigenvalue weighted by Gasteiger charge is 2.40. The summed E-state index contributed by atoms with van der Waals surface area (Å²) in [6.07, 6.45) is -17.1. The Morgan fingerprint density at radius 1 is 0.368 bits per heavy atom. The Hall–Kier alpha value is -11.1. The van der Waals surface area contributed by atoms with Gasteiger partial charge in [0.25, 0.3) is 23.0 Å². The third-order valence-electron chi connectivity index (χ3n) is 13.9. The maximum absolute atomic E-state index is 13.7. The Bertz CT molecular complexity index is 4930. The number of carbonyl (C=O) groups excluding carboxylic acids is 7. The summed E-state index contributed by atoms with van der Waals surface area (Å²) in [7, 11) is 2.42. The second-order valence-corrected chi connectivity index (χ2v) is 24.3. The molecule has 3 amide bonds. The van der Waals surface area contributed by atoms with Crippen LogP contribution < -0.4 is 34.9 Å². The number of ether oxygens (including phenoxy) is 4. The van der Waals surface area contributed by atoms with Crippen molar-refractivity contribution < 1.29 is 150 Å². The van der Waals surface area contributed by atoms with E-state index in [4.69, 9.17) is 93.7 Å². The zero-order valence-electron chi connectivity index (χ0n) is 55.8. The molecule has 0 saturated heterocycles.